The topological polar surface area (TPSA) is 52.3 Å². The molecule has 0 N–H and O–H groups in total. The third-order valence-electron chi connectivity index (χ3n) is 4.34. The van der Waals surface area contributed by atoms with Gasteiger partial charge in [-0.25, -0.2) is 9.37 Å². The second-order valence-electron chi connectivity index (χ2n) is 6.13. The lowest BCUT2D eigenvalue weighted by Crippen LogP contribution is -2.10. The van der Waals surface area contributed by atoms with Gasteiger partial charge in [-0.1, -0.05) is 23.4 Å². The Morgan fingerprint density at radius 1 is 1.14 bits per heavy atom. The predicted molar refractivity (Wildman–Crippen MR) is 99.7 cm³/mol. The standard InChI is InChI=1S/C20H15F3N4O/c1-12(19-25-16-6-2-3-7-17(16)27(19)20(22)23)26-28-11-13-8-9-15(21)14-5-4-10-24-18(13)14/h2-10,20H,11H2,1H3/b26-12-. The number of nitrogens with zero attached hydrogens (tertiary/aromatic N) is 4. The number of alkyl halides is 2. The van der Waals surface area contributed by atoms with Crippen LogP contribution in [0.3, 0.4) is 0 Å². The van der Waals surface area contributed by atoms with Crippen molar-refractivity contribution in [3.05, 3.63) is 71.9 Å². The zero-order chi connectivity index (χ0) is 19.7. The molecule has 0 fully saturated rings. The van der Waals surface area contributed by atoms with Crippen molar-refractivity contribution < 1.29 is 18.0 Å². The number of fused-ring (bicyclic) bond motifs is 2. The highest BCUT2D eigenvalue weighted by Gasteiger charge is 2.19. The second kappa shape index (κ2) is 7.30. The highest BCUT2D eigenvalue weighted by molar-refractivity contribution is 5.98. The molecule has 8 heteroatoms. The van der Waals surface area contributed by atoms with Gasteiger partial charge in [-0.3, -0.25) is 9.55 Å². The molecule has 0 aliphatic carbocycles. The van der Waals surface area contributed by atoms with Crippen molar-refractivity contribution in [3.63, 3.8) is 0 Å². The number of hydrogen-bond acceptors (Lipinski definition) is 4. The van der Waals surface area contributed by atoms with E-state index in [4.69, 9.17) is 4.84 Å². The first-order valence-corrected chi connectivity index (χ1v) is 8.50. The van der Waals surface area contributed by atoms with Gasteiger partial charge < -0.3 is 4.84 Å². The molecule has 0 saturated carbocycles. The van der Waals surface area contributed by atoms with E-state index in [9.17, 15) is 13.2 Å². The molecule has 4 rings (SSSR count). The Kier molecular flexibility index (Phi) is 4.68. The third-order valence-corrected chi connectivity index (χ3v) is 4.34. The van der Waals surface area contributed by atoms with Gasteiger partial charge in [-0.05, 0) is 37.3 Å². The molecular formula is C20H15F3N4O. The summed E-state index contributed by atoms with van der Waals surface area (Å²) in [5.74, 6) is -0.351. The number of imidazole rings is 1. The molecule has 0 spiro atoms. The number of pyridine rings is 1. The SMILES string of the molecule is C/C(=N/OCc1ccc(F)c2cccnc12)c1nc2ccccc2n1C(F)F. The Labute approximate surface area is 158 Å². The fourth-order valence-corrected chi connectivity index (χ4v) is 3.05. The minimum absolute atomic E-state index is 0.0139. The third kappa shape index (κ3) is 3.17. The van der Waals surface area contributed by atoms with Crippen LogP contribution in [-0.4, -0.2) is 20.2 Å². The summed E-state index contributed by atoms with van der Waals surface area (Å²) in [4.78, 5) is 13.8. The summed E-state index contributed by atoms with van der Waals surface area (Å²) in [5, 5.41) is 4.31. The highest BCUT2D eigenvalue weighted by Crippen LogP contribution is 2.24. The predicted octanol–water partition coefficient (Wildman–Crippen LogP) is 5.06. The van der Waals surface area contributed by atoms with Gasteiger partial charge in [0.15, 0.2) is 5.82 Å². The van der Waals surface area contributed by atoms with E-state index in [-0.39, 0.29) is 24.0 Å². The molecule has 142 valence electrons. The van der Waals surface area contributed by atoms with E-state index in [1.165, 1.54) is 6.07 Å². The molecule has 2 aromatic heterocycles. The number of oxime groups is 1. The first kappa shape index (κ1) is 18.0. The molecule has 0 unspecified atom stereocenters. The smallest absolute Gasteiger partial charge is 0.320 e. The molecule has 0 saturated heterocycles. The van der Waals surface area contributed by atoms with Gasteiger partial charge in [0.25, 0.3) is 0 Å². The molecule has 0 aliphatic rings. The Balaban J connectivity index is 1.62. The van der Waals surface area contributed by atoms with E-state index in [2.05, 4.69) is 15.1 Å². The molecule has 28 heavy (non-hydrogen) atoms. The van der Waals surface area contributed by atoms with E-state index in [1.807, 2.05) is 0 Å². The number of para-hydroxylation sites is 2. The summed E-state index contributed by atoms with van der Waals surface area (Å²) in [5.41, 5.74) is 2.07. The molecule has 2 heterocycles. The number of halogens is 3. The van der Waals surface area contributed by atoms with Crippen molar-refractivity contribution in [2.45, 2.75) is 20.1 Å². The summed E-state index contributed by atoms with van der Waals surface area (Å²) >= 11 is 0. The van der Waals surface area contributed by atoms with E-state index in [0.717, 1.165) is 4.57 Å². The van der Waals surface area contributed by atoms with Crippen LogP contribution in [-0.2, 0) is 11.4 Å². The highest BCUT2D eigenvalue weighted by atomic mass is 19.3. The molecule has 0 bridgehead atoms. The van der Waals surface area contributed by atoms with Crippen LogP contribution in [0.15, 0.2) is 59.9 Å². The average molecular weight is 384 g/mol. The molecule has 0 amide bonds. The lowest BCUT2D eigenvalue weighted by Gasteiger charge is -2.08. The molecule has 4 aromatic rings. The van der Waals surface area contributed by atoms with Gasteiger partial charge >= 0.3 is 6.55 Å². The molecular weight excluding hydrogens is 369 g/mol. The van der Waals surface area contributed by atoms with Crippen LogP contribution in [0.25, 0.3) is 21.9 Å². The van der Waals surface area contributed by atoms with Crippen molar-refractivity contribution in [2.75, 3.05) is 0 Å². The number of aromatic nitrogens is 3. The molecule has 2 aromatic carbocycles. The van der Waals surface area contributed by atoms with Crippen molar-refractivity contribution >= 4 is 27.6 Å². The zero-order valence-electron chi connectivity index (χ0n) is 14.8. The minimum atomic E-state index is -2.77. The molecule has 0 radical (unpaired) electrons. The Morgan fingerprint density at radius 2 is 1.96 bits per heavy atom. The summed E-state index contributed by atoms with van der Waals surface area (Å²) in [7, 11) is 0. The van der Waals surface area contributed by atoms with Crippen LogP contribution in [0.5, 0.6) is 0 Å². The van der Waals surface area contributed by atoms with Crippen LogP contribution in [0.2, 0.25) is 0 Å². The van der Waals surface area contributed by atoms with E-state index >= 15 is 0 Å². The maximum absolute atomic E-state index is 13.9. The summed E-state index contributed by atoms with van der Waals surface area (Å²) in [6.45, 7) is -1.21. The quantitative estimate of drug-likeness (QED) is 0.357. The minimum Gasteiger partial charge on any atom is -0.391 e. The lowest BCUT2D eigenvalue weighted by molar-refractivity contribution is 0.0736. The Hall–Kier alpha value is -3.42. The van der Waals surface area contributed by atoms with E-state index < -0.39 is 6.55 Å². The van der Waals surface area contributed by atoms with Gasteiger partial charge in [0.1, 0.15) is 18.1 Å². The van der Waals surface area contributed by atoms with E-state index in [1.54, 1.807) is 55.6 Å². The van der Waals surface area contributed by atoms with Crippen molar-refractivity contribution in [1.82, 2.24) is 14.5 Å². The van der Waals surface area contributed by atoms with Gasteiger partial charge in [-0.2, -0.15) is 8.78 Å². The fraction of sp³-hybridized carbons (Fsp3) is 0.150. The first-order chi connectivity index (χ1) is 13.6. The van der Waals surface area contributed by atoms with Gasteiger partial charge in [-0.15, -0.1) is 0 Å². The van der Waals surface area contributed by atoms with Crippen LogP contribution >= 0.6 is 0 Å². The largest absolute Gasteiger partial charge is 0.391 e. The Morgan fingerprint density at radius 3 is 2.79 bits per heavy atom. The first-order valence-electron chi connectivity index (χ1n) is 8.50. The van der Waals surface area contributed by atoms with Crippen molar-refractivity contribution in [2.24, 2.45) is 5.16 Å². The molecule has 5 nitrogen and oxygen atoms in total. The van der Waals surface area contributed by atoms with Crippen molar-refractivity contribution in [1.29, 1.82) is 0 Å². The van der Waals surface area contributed by atoms with Crippen LogP contribution < -0.4 is 0 Å². The maximum Gasteiger partial charge on any atom is 0.320 e. The van der Waals surface area contributed by atoms with Gasteiger partial charge in [0.2, 0.25) is 0 Å². The fourth-order valence-electron chi connectivity index (χ4n) is 3.05. The lowest BCUT2D eigenvalue weighted by atomic mass is 10.1. The monoisotopic (exact) mass is 384 g/mol. The van der Waals surface area contributed by atoms with Gasteiger partial charge in [0, 0.05) is 17.1 Å². The number of benzene rings is 2. The maximum atomic E-state index is 13.9. The van der Waals surface area contributed by atoms with Crippen LogP contribution in [0.4, 0.5) is 13.2 Å². The number of rotatable bonds is 5. The summed E-state index contributed by atoms with van der Waals surface area (Å²) in [6.07, 6.45) is 1.56. The average Bonchev–Trinajstić information content (AvgIpc) is 3.10. The van der Waals surface area contributed by atoms with Crippen LogP contribution in [0, 0.1) is 5.82 Å². The second-order valence-corrected chi connectivity index (χ2v) is 6.13. The normalized spacial score (nSPS) is 12.2. The van der Waals surface area contributed by atoms with Crippen LogP contribution in [0.1, 0.15) is 24.9 Å². The molecule has 0 aliphatic heterocycles. The Bertz CT molecular complexity index is 1190. The molecule has 0 atom stereocenters. The van der Waals surface area contributed by atoms with Crippen molar-refractivity contribution in [3.8, 4) is 0 Å². The zero-order valence-corrected chi connectivity index (χ0v) is 14.8. The summed E-state index contributed by atoms with van der Waals surface area (Å²) in [6, 6.07) is 12.8. The van der Waals surface area contributed by atoms with E-state index in [0.29, 0.717) is 27.5 Å². The number of hydrogen-bond donors (Lipinski definition) is 0. The summed E-state index contributed by atoms with van der Waals surface area (Å²) < 4.78 is 41.7. The van der Waals surface area contributed by atoms with Gasteiger partial charge in [0.05, 0.1) is 16.6 Å².